The molecule has 2 N–H and O–H groups in total. The average molecular weight is 291 g/mol. The van der Waals surface area contributed by atoms with Crippen molar-refractivity contribution in [1.82, 2.24) is 5.32 Å². The number of nitrogens with one attached hydrogen (secondary N) is 1. The lowest BCUT2D eigenvalue weighted by molar-refractivity contribution is 0.433. The number of phenolic OH excluding ortho intramolecular Hbond substituents is 1. The van der Waals surface area contributed by atoms with Gasteiger partial charge in [0.05, 0.1) is 0 Å². The lowest BCUT2D eigenvalue weighted by atomic mass is 10.0. The van der Waals surface area contributed by atoms with Crippen LogP contribution in [-0.2, 0) is 0 Å². The smallest absolute Gasteiger partial charge is 0.126 e. The van der Waals surface area contributed by atoms with E-state index < -0.39 is 5.82 Å². The number of benzene rings is 2. The van der Waals surface area contributed by atoms with E-state index in [1.807, 2.05) is 19.9 Å². The Morgan fingerprint density at radius 2 is 1.71 bits per heavy atom. The Bertz CT molecular complexity index is 643. The molecule has 0 radical (unpaired) electrons. The molecule has 0 aliphatic rings. The molecule has 2 nitrogen and oxygen atoms in total. The summed E-state index contributed by atoms with van der Waals surface area (Å²) < 4.78 is 26.6. The second-order valence-electron chi connectivity index (χ2n) is 5.32. The van der Waals surface area contributed by atoms with E-state index in [2.05, 4.69) is 5.32 Å². The van der Waals surface area contributed by atoms with E-state index in [-0.39, 0.29) is 23.7 Å². The van der Waals surface area contributed by atoms with Crippen LogP contribution in [0.2, 0.25) is 0 Å². The summed E-state index contributed by atoms with van der Waals surface area (Å²) in [7, 11) is 0. The van der Waals surface area contributed by atoms with Crippen LogP contribution in [0.3, 0.4) is 0 Å². The van der Waals surface area contributed by atoms with Gasteiger partial charge < -0.3 is 10.4 Å². The first-order valence-electron chi connectivity index (χ1n) is 6.89. The van der Waals surface area contributed by atoms with Crippen LogP contribution in [0, 0.1) is 18.6 Å². The summed E-state index contributed by atoms with van der Waals surface area (Å²) in [6.07, 6.45) is 0. The van der Waals surface area contributed by atoms with Crippen LogP contribution >= 0.6 is 0 Å². The van der Waals surface area contributed by atoms with Crippen molar-refractivity contribution in [3.63, 3.8) is 0 Å². The van der Waals surface area contributed by atoms with Crippen LogP contribution in [0.25, 0.3) is 0 Å². The summed E-state index contributed by atoms with van der Waals surface area (Å²) in [4.78, 5) is 0. The Morgan fingerprint density at radius 1 is 1.00 bits per heavy atom. The maximum atomic E-state index is 13.6. The first kappa shape index (κ1) is 15.4. The molecular weight excluding hydrogens is 272 g/mol. The highest BCUT2D eigenvalue weighted by atomic mass is 19.1. The molecule has 0 aliphatic carbocycles. The van der Waals surface area contributed by atoms with E-state index in [0.29, 0.717) is 11.1 Å². The molecule has 0 saturated heterocycles. The SMILES string of the molecule is Cc1ccc(C(C)NC(C)c2ccc(F)cc2O)cc1F. The van der Waals surface area contributed by atoms with Crippen molar-refractivity contribution in [2.45, 2.75) is 32.9 Å². The van der Waals surface area contributed by atoms with Crippen molar-refractivity contribution in [1.29, 1.82) is 0 Å². The third-order valence-electron chi connectivity index (χ3n) is 3.65. The minimum atomic E-state index is -0.475. The van der Waals surface area contributed by atoms with Crippen LogP contribution in [0.4, 0.5) is 8.78 Å². The van der Waals surface area contributed by atoms with Gasteiger partial charge in [-0.2, -0.15) is 0 Å². The number of aromatic hydroxyl groups is 1. The van der Waals surface area contributed by atoms with Crippen molar-refractivity contribution >= 4 is 0 Å². The highest BCUT2D eigenvalue weighted by molar-refractivity contribution is 5.35. The van der Waals surface area contributed by atoms with Gasteiger partial charge in [-0.25, -0.2) is 8.78 Å². The summed E-state index contributed by atoms with van der Waals surface area (Å²) in [6.45, 7) is 5.51. The van der Waals surface area contributed by atoms with E-state index in [1.165, 1.54) is 12.1 Å². The highest BCUT2D eigenvalue weighted by Crippen LogP contribution is 2.27. The van der Waals surface area contributed by atoms with Gasteiger partial charge in [0, 0.05) is 23.7 Å². The summed E-state index contributed by atoms with van der Waals surface area (Å²) >= 11 is 0. The van der Waals surface area contributed by atoms with E-state index in [4.69, 9.17) is 0 Å². The number of phenols is 1. The standard InChI is InChI=1S/C17H19F2NO/c1-10-4-5-13(8-16(10)19)11(2)20-12(3)15-7-6-14(18)9-17(15)21/h4-9,11-12,20-21H,1-3H3. The van der Waals surface area contributed by atoms with Gasteiger partial charge in [-0.05, 0) is 44.0 Å². The van der Waals surface area contributed by atoms with Gasteiger partial charge in [0.25, 0.3) is 0 Å². The molecule has 2 rings (SSSR count). The topological polar surface area (TPSA) is 32.3 Å². The second kappa shape index (κ2) is 6.22. The molecular formula is C17H19F2NO. The molecule has 2 aromatic rings. The van der Waals surface area contributed by atoms with Gasteiger partial charge >= 0.3 is 0 Å². The van der Waals surface area contributed by atoms with Crippen LogP contribution in [0.5, 0.6) is 5.75 Å². The molecule has 0 bridgehead atoms. The van der Waals surface area contributed by atoms with Gasteiger partial charge in [0.1, 0.15) is 17.4 Å². The van der Waals surface area contributed by atoms with Crippen molar-refractivity contribution in [2.75, 3.05) is 0 Å². The fourth-order valence-corrected chi connectivity index (χ4v) is 2.32. The predicted octanol–water partition coefficient (Wildman–Crippen LogP) is 4.39. The van der Waals surface area contributed by atoms with Gasteiger partial charge in [-0.3, -0.25) is 0 Å². The molecule has 0 fully saturated rings. The number of halogens is 2. The molecule has 2 unspecified atom stereocenters. The zero-order valence-electron chi connectivity index (χ0n) is 12.3. The van der Waals surface area contributed by atoms with Crippen molar-refractivity contribution < 1.29 is 13.9 Å². The number of hydrogen-bond donors (Lipinski definition) is 2. The van der Waals surface area contributed by atoms with Crippen molar-refractivity contribution in [2.24, 2.45) is 0 Å². The minimum absolute atomic E-state index is 0.0858. The van der Waals surface area contributed by atoms with Crippen LogP contribution in [-0.4, -0.2) is 5.11 Å². The summed E-state index contributed by atoms with van der Waals surface area (Å²) in [5, 5.41) is 13.1. The molecule has 4 heteroatoms. The number of hydrogen-bond acceptors (Lipinski definition) is 2. The van der Waals surface area contributed by atoms with Crippen molar-refractivity contribution in [3.05, 3.63) is 64.7 Å². The Hall–Kier alpha value is -1.94. The molecule has 0 spiro atoms. The molecule has 0 amide bonds. The Balaban J connectivity index is 2.14. The van der Waals surface area contributed by atoms with E-state index in [9.17, 15) is 13.9 Å². The van der Waals surface area contributed by atoms with E-state index in [1.54, 1.807) is 19.1 Å². The highest BCUT2D eigenvalue weighted by Gasteiger charge is 2.15. The normalized spacial score (nSPS) is 14.0. The molecule has 0 aromatic heterocycles. The summed E-state index contributed by atoms with van der Waals surface area (Å²) in [5.41, 5.74) is 2.04. The lowest BCUT2D eigenvalue weighted by Crippen LogP contribution is -2.22. The molecule has 0 aliphatic heterocycles. The maximum Gasteiger partial charge on any atom is 0.126 e. The van der Waals surface area contributed by atoms with Crippen LogP contribution in [0.15, 0.2) is 36.4 Å². The monoisotopic (exact) mass is 291 g/mol. The van der Waals surface area contributed by atoms with Gasteiger partial charge in [0.15, 0.2) is 0 Å². The average Bonchev–Trinajstić information content (AvgIpc) is 2.41. The quantitative estimate of drug-likeness (QED) is 0.875. The van der Waals surface area contributed by atoms with Crippen LogP contribution in [0.1, 0.15) is 42.6 Å². The predicted molar refractivity (Wildman–Crippen MR) is 79.2 cm³/mol. The minimum Gasteiger partial charge on any atom is -0.508 e. The molecule has 2 aromatic carbocycles. The van der Waals surface area contributed by atoms with E-state index in [0.717, 1.165) is 11.6 Å². The summed E-state index contributed by atoms with van der Waals surface area (Å²) in [5.74, 6) is -0.798. The molecule has 21 heavy (non-hydrogen) atoms. The second-order valence-corrected chi connectivity index (χ2v) is 5.32. The zero-order valence-corrected chi connectivity index (χ0v) is 12.3. The molecule has 2 atom stereocenters. The fourth-order valence-electron chi connectivity index (χ4n) is 2.32. The Morgan fingerprint density at radius 3 is 2.33 bits per heavy atom. The number of rotatable bonds is 4. The van der Waals surface area contributed by atoms with Crippen LogP contribution < -0.4 is 5.32 Å². The van der Waals surface area contributed by atoms with Crippen molar-refractivity contribution in [3.8, 4) is 5.75 Å². The maximum absolute atomic E-state index is 13.6. The van der Waals surface area contributed by atoms with E-state index >= 15 is 0 Å². The largest absolute Gasteiger partial charge is 0.508 e. The third-order valence-corrected chi connectivity index (χ3v) is 3.65. The molecule has 0 heterocycles. The Labute approximate surface area is 123 Å². The summed E-state index contributed by atoms with van der Waals surface area (Å²) in [6, 6.07) is 8.77. The van der Waals surface area contributed by atoms with Gasteiger partial charge in [-0.15, -0.1) is 0 Å². The van der Waals surface area contributed by atoms with Gasteiger partial charge in [0.2, 0.25) is 0 Å². The Kier molecular flexibility index (Phi) is 4.58. The third kappa shape index (κ3) is 3.58. The van der Waals surface area contributed by atoms with Gasteiger partial charge in [-0.1, -0.05) is 18.2 Å². The first-order valence-corrected chi connectivity index (χ1v) is 6.89. The molecule has 112 valence electrons. The zero-order chi connectivity index (χ0) is 15.6. The molecule has 0 saturated carbocycles. The fraction of sp³-hybridized carbons (Fsp3) is 0.294. The number of aryl methyl sites for hydroxylation is 1. The first-order chi connectivity index (χ1) is 9.88. The lowest BCUT2D eigenvalue weighted by Gasteiger charge is -2.21.